The predicted octanol–water partition coefficient (Wildman–Crippen LogP) is 2.61. The van der Waals surface area contributed by atoms with Crippen molar-refractivity contribution in [2.75, 3.05) is 0 Å². The van der Waals surface area contributed by atoms with Gasteiger partial charge in [0, 0.05) is 6.20 Å². The molecule has 0 spiro atoms. The highest BCUT2D eigenvalue weighted by molar-refractivity contribution is 5.77. The molecule has 0 atom stereocenters. The minimum atomic E-state index is -0.0891. The van der Waals surface area contributed by atoms with Gasteiger partial charge in [0.05, 0.1) is 11.7 Å². The summed E-state index contributed by atoms with van der Waals surface area (Å²) in [6, 6.07) is 0. The van der Waals surface area contributed by atoms with Crippen LogP contribution in [0.3, 0.4) is 0 Å². The number of fused-ring (bicyclic) bond motifs is 1. The van der Waals surface area contributed by atoms with Crippen molar-refractivity contribution in [3.8, 4) is 0 Å². The summed E-state index contributed by atoms with van der Waals surface area (Å²) in [6.07, 6.45) is 3.16. The maximum absolute atomic E-state index is 11.1. The summed E-state index contributed by atoms with van der Waals surface area (Å²) in [6.45, 7) is 9.87. The van der Waals surface area contributed by atoms with Gasteiger partial charge < -0.3 is 9.97 Å². The number of hydrogen-bond donors (Lipinski definition) is 2. The van der Waals surface area contributed by atoms with E-state index in [4.69, 9.17) is 0 Å². The average Bonchev–Trinajstić information content (AvgIpc) is 2.68. The van der Waals surface area contributed by atoms with Gasteiger partial charge in [-0.15, -0.1) is 0 Å². The third-order valence-electron chi connectivity index (χ3n) is 1.67. The molecule has 2 heterocycles. The van der Waals surface area contributed by atoms with E-state index in [9.17, 15) is 4.79 Å². The van der Waals surface area contributed by atoms with Gasteiger partial charge in [-0.25, -0.2) is 4.98 Å². The number of aryl methyl sites for hydroxylation is 1. The lowest BCUT2D eigenvalue weighted by molar-refractivity contribution is 1.16. The molecule has 0 amide bonds. The number of aromatic nitrogens is 3. The maximum Gasteiger partial charge on any atom is 0.260 e. The van der Waals surface area contributed by atoms with E-state index in [-0.39, 0.29) is 5.56 Å². The van der Waals surface area contributed by atoms with Crippen LogP contribution < -0.4 is 5.56 Å². The number of nitrogens with one attached hydrogen (secondary N) is 2. The van der Waals surface area contributed by atoms with Crippen molar-refractivity contribution in [2.24, 2.45) is 0 Å². The Balaban J connectivity index is 0.000000442. The molecular weight excluding hydrogens is 190 g/mol. The third kappa shape index (κ3) is 2.94. The van der Waals surface area contributed by atoms with Gasteiger partial charge in [0.1, 0.15) is 5.65 Å². The topological polar surface area (TPSA) is 61.5 Å². The normalized spacial score (nSPS) is 8.60. The second kappa shape index (κ2) is 6.81. The Morgan fingerprint density at radius 1 is 1.13 bits per heavy atom. The Bertz CT molecular complexity index is 442. The maximum atomic E-state index is 11.1. The summed E-state index contributed by atoms with van der Waals surface area (Å²) in [7, 11) is 0. The van der Waals surface area contributed by atoms with Crippen LogP contribution in [-0.2, 0) is 0 Å². The largest absolute Gasteiger partial charge is 0.346 e. The second-order valence-corrected chi connectivity index (χ2v) is 2.43. The molecule has 4 heteroatoms. The quantitative estimate of drug-likeness (QED) is 0.700. The zero-order valence-electron chi connectivity index (χ0n) is 10.0. The Morgan fingerprint density at radius 3 is 2.27 bits per heavy atom. The smallest absolute Gasteiger partial charge is 0.260 e. The van der Waals surface area contributed by atoms with Crippen molar-refractivity contribution >= 4 is 11.0 Å². The Hall–Kier alpha value is -1.58. The summed E-state index contributed by atoms with van der Waals surface area (Å²) >= 11 is 0. The van der Waals surface area contributed by atoms with Gasteiger partial charge in [-0.05, 0) is 12.5 Å². The van der Waals surface area contributed by atoms with Crippen LogP contribution in [0.4, 0.5) is 0 Å². The van der Waals surface area contributed by atoms with Gasteiger partial charge in [0.15, 0.2) is 0 Å². The van der Waals surface area contributed by atoms with E-state index in [1.165, 1.54) is 6.33 Å². The highest BCUT2D eigenvalue weighted by atomic mass is 16.1. The van der Waals surface area contributed by atoms with Crippen molar-refractivity contribution in [2.45, 2.75) is 34.6 Å². The number of aromatic amines is 2. The van der Waals surface area contributed by atoms with Crippen molar-refractivity contribution in [3.05, 3.63) is 28.4 Å². The molecule has 0 radical (unpaired) electrons. The molecule has 0 fully saturated rings. The van der Waals surface area contributed by atoms with Crippen LogP contribution in [0.15, 0.2) is 17.3 Å². The van der Waals surface area contributed by atoms with E-state index >= 15 is 0 Å². The van der Waals surface area contributed by atoms with Gasteiger partial charge in [0.25, 0.3) is 5.56 Å². The molecule has 4 nitrogen and oxygen atoms in total. The lowest BCUT2D eigenvalue weighted by atomic mass is 10.3. The number of H-pyrrole nitrogens is 2. The van der Waals surface area contributed by atoms with E-state index in [1.807, 2.05) is 34.6 Å². The van der Waals surface area contributed by atoms with Crippen molar-refractivity contribution < 1.29 is 0 Å². The summed E-state index contributed by atoms with van der Waals surface area (Å²) in [5.41, 5.74) is 1.48. The number of rotatable bonds is 0. The fraction of sp³-hybridized carbons (Fsp3) is 0.455. The SMILES string of the molecule is CC.CC.Cc1c[nH]c2nc[nH]c(=O)c12. The fourth-order valence-electron chi connectivity index (χ4n) is 1.12. The molecule has 2 rings (SSSR count). The van der Waals surface area contributed by atoms with Crippen LogP contribution in [0.1, 0.15) is 33.3 Å². The molecule has 0 unspecified atom stereocenters. The van der Waals surface area contributed by atoms with Gasteiger partial charge in [0.2, 0.25) is 0 Å². The lowest BCUT2D eigenvalue weighted by Crippen LogP contribution is -2.05. The molecule has 0 aliphatic carbocycles. The first-order valence-electron chi connectivity index (χ1n) is 5.30. The van der Waals surface area contributed by atoms with Crippen molar-refractivity contribution in [1.82, 2.24) is 15.0 Å². The molecular formula is C11H19N3O. The molecule has 84 valence electrons. The molecule has 0 saturated carbocycles. The molecule has 0 saturated heterocycles. The molecule has 0 aliphatic rings. The predicted molar refractivity (Wildman–Crippen MR) is 64.1 cm³/mol. The van der Waals surface area contributed by atoms with Crippen LogP contribution in [0.25, 0.3) is 11.0 Å². The molecule has 2 N–H and O–H groups in total. The Labute approximate surface area is 89.8 Å². The summed E-state index contributed by atoms with van der Waals surface area (Å²) in [4.78, 5) is 20.5. The van der Waals surface area contributed by atoms with Crippen LogP contribution in [0.2, 0.25) is 0 Å². The van der Waals surface area contributed by atoms with Gasteiger partial charge in [-0.3, -0.25) is 4.79 Å². The summed E-state index contributed by atoms with van der Waals surface area (Å²) in [5.74, 6) is 0. The summed E-state index contributed by atoms with van der Waals surface area (Å²) in [5, 5.41) is 0.646. The first kappa shape index (κ1) is 13.4. The van der Waals surface area contributed by atoms with Crippen LogP contribution in [0.5, 0.6) is 0 Å². The Kier molecular flexibility index (Phi) is 6.09. The van der Waals surface area contributed by atoms with E-state index in [0.29, 0.717) is 11.0 Å². The highest BCUT2D eigenvalue weighted by Crippen LogP contribution is 2.07. The zero-order valence-corrected chi connectivity index (χ0v) is 10.0. The first-order valence-corrected chi connectivity index (χ1v) is 5.30. The van der Waals surface area contributed by atoms with Gasteiger partial charge in [-0.2, -0.15) is 0 Å². The van der Waals surface area contributed by atoms with Crippen molar-refractivity contribution in [3.63, 3.8) is 0 Å². The van der Waals surface area contributed by atoms with Crippen LogP contribution >= 0.6 is 0 Å². The molecule has 0 bridgehead atoms. The number of nitrogens with zero attached hydrogens (tertiary/aromatic N) is 1. The summed E-state index contributed by atoms with van der Waals surface area (Å²) < 4.78 is 0. The Morgan fingerprint density at radius 2 is 1.73 bits per heavy atom. The average molecular weight is 209 g/mol. The molecule has 15 heavy (non-hydrogen) atoms. The molecule has 0 aromatic carbocycles. The van der Waals surface area contributed by atoms with E-state index in [1.54, 1.807) is 6.20 Å². The van der Waals surface area contributed by atoms with E-state index < -0.39 is 0 Å². The van der Waals surface area contributed by atoms with E-state index in [2.05, 4.69) is 15.0 Å². The minimum Gasteiger partial charge on any atom is -0.346 e. The first-order chi connectivity index (χ1) is 7.29. The van der Waals surface area contributed by atoms with E-state index in [0.717, 1.165) is 5.56 Å². The lowest BCUT2D eigenvalue weighted by Gasteiger charge is -1.86. The molecule has 0 aliphatic heterocycles. The molecule has 2 aromatic heterocycles. The monoisotopic (exact) mass is 209 g/mol. The van der Waals surface area contributed by atoms with Gasteiger partial charge in [-0.1, -0.05) is 27.7 Å². The van der Waals surface area contributed by atoms with Crippen LogP contribution in [0, 0.1) is 6.92 Å². The second-order valence-electron chi connectivity index (χ2n) is 2.43. The third-order valence-corrected chi connectivity index (χ3v) is 1.67. The van der Waals surface area contributed by atoms with Crippen LogP contribution in [-0.4, -0.2) is 15.0 Å². The zero-order chi connectivity index (χ0) is 11.8. The molecule has 2 aromatic rings. The fourth-order valence-corrected chi connectivity index (χ4v) is 1.12. The number of hydrogen-bond acceptors (Lipinski definition) is 2. The van der Waals surface area contributed by atoms with Crippen molar-refractivity contribution in [1.29, 1.82) is 0 Å². The minimum absolute atomic E-state index is 0.0891. The van der Waals surface area contributed by atoms with Gasteiger partial charge >= 0.3 is 0 Å². The highest BCUT2D eigenvalue weighted by Gasteiger charge is 2.02. The standard InChI is InChI=1S/C7H7N3O.2C2H6/c1-4-2-8-6-5(4)7(11)10-3-9-6;2*1-2/h2-3H,1H3,(H2,8,9,10,11);2*1-2H3.